The van der Waals surface area contributed by atoms with Crippen LogP contribution in [0.2, 0.25) is 0 Å². The number of carbonyl (C=O) groups is 1. The second kappa shape index (κ2) is 4.49. The van der Waals surface area contributed by atoms with Gasteiger partial charge in [0.25, 0.3) is 0 Å². The highest BCUT2D eigenvalue weighted by Crippen LogP contribution is 2.14. The highest BCUT2D eigenvalue weighted by Gasteiger charge is 2.22. The maximum absolute atomic E-state index is 11.8. The number of carbonyl (C=O) groups excluding carboxylic acids is 1. The van der Waals surface area contributed by atoms with Crippen molar-refractivity contribution in [1.82, 2.24) is 15.1 Å². The molecular formula is C12H19N3O2. The second-order valence-corrected chi connectivity index (χ2v) is 5.28. The van der Waals surface area contributed by atoms with Gasteiger partial charge < -0.3 is 10.1 Å². The van der Waals surface area contributed by atoms with E-state index < -0.39 is 5.60 Å². The number of hydrogen-bond donors (Lipinski definition) is 1. The molecule has 1 aliphatic rings. The lowest BCUT2D eigenvalue weighted by Gasteiger charge is -2.18. The molecule has 2 rings (SSSR count). The summed E-state index contributed by atoms with van der Waals surface area (Å²) in [6.07, 6.45) is 1.03. The van der Waals surface area contributed by atoms with E-state index in [1.807, 2.05) is 31.5 Å². The number of aromatic nitrogens is 2. The summed E-state index contributed by atoms with van der Waals surface area (Å²) in [6.45, 7) is 8.17. The summed E-state index contributed by atoms with van der Waals surface area (Å²) in [5, 5.41) is 7.59. The quantitative estimate of drug-likeness (QED) is 0.749. The lowest BCUT2D eigenvalue weighted by Crippen LogP contribution is -2.24. The number of nitrogens with one attached hydrogen (secondary N) is 1. The van der Waals surface area contributed by atoms with Crippen molar-refractivity contribution >= 4 is 5.97 Å². The zero-order chi connectivity index (χ0) is 12.5. The van der Waals surface area contributed by atoms with Gasteiger partial charge in [0, 0.05) is 13.1 Å². The Balaban J connectivity index is 2.15. The van der Waals surface area contributed by atoms with E-state index in [1.54, 1.807) is 0 Å². The minimum atomic E-state index is -0.476. The Bertz CT molecular complexity index is 394. The van der Waals surface area contributed by atoms with Crippen molar-refractivity contribution in [3.8, 4) is 0 Å². The number of esters is 1. The van der Waals surface area contributed by atoms with E-state index in [0.29, 0.717) is 5.69 Å². The van der Waals surface area contributed by atoms with Gasteiger partial charge in [-0.1, -0.05) is 0 Å². The van der Waals surface area contributed by atoms with E-state index in [0.717, 1.165) is 31.7 Å². The predicted octanol–water partition coefficient (Wildman–Crippen LogP) is 1.33. The van der Waals surface area contributed by atoms with Crippen molar-refractivity contribution in [2.45, 2.75) is 45.9 Å². The van der Waals surface area contributed by atoms with Crippen LogP contribution in [0.15, 0.2) is 6.07 Å². The SMILES string of the molecule is CC(C)(C)OC(=O)c1cc2n(n1)CCCNC2. The van der Waals surface area contributed by atoms with Gasteiger partial charge in [0.1, 0.15) is 5.60 Å². The summed E-state index contributed by atoms with van der Waals surface area (Å²) in [5.41, 5.74) is 0.970. The van der Waals surface area contributed by atoms with Crippen molar-refractivity contribution < 1.29 is 9.53 Å². The van der Waals surface area contributed by atoms with Crippen LogP contribution in [-0.2, 0) is 17.8 Å². The van der Waals surface area contributed by atoms with Crippen molar-refractivity contribution in [3.63, 3.8) is 0 Å². The van der Waals surface area contributed by atoms with Crippen molar-refractivity contribution in [1.29, 1.82) is 0 Å². The third-order valence-corrected chi connectivity index (χ3v) is 2.50. The van der Waals surface area contributed by atoms with Gasteiger partial charge in [-0.3, -0.25) is 4.68 Å². The van der Waals surface area contributed by atoms with Gasteiger partial charge in [0.05, 0.1) is 5.69 Å². The number of nitrogens with zero attached hydrogens (tertiary/aromatic N) is 2. The number of aryl methyl sites for hydroxylation is 1. The minimum absolute atomic E-state index is 0.349. The van der Waals surface area contributed by atoms with E-state index in [2.05, 4.69) is 10.4 Å². The molecule has 1 aromatic heterocycles. The average Bonchev–Trinajstić information content (AvgIpc) is 2.48. The lowest BCUT2D eigenvalue weighted by molar-refractivity contribution is 0.00619. The topological polar surface area (TPSA) is 56.2 Å². The Morgan fingerprint density at radius 2 is 2.29 bits per heavy atom. The first-order valence-corrected chi connectivity index (χ1v) is 5.96. The van der Waals surface area contributed by atoms with E-state index in [9.17, 15) is 4.79 Å². The van der Waals surface area contributed by atoms with Crippen LogP contribution in [0.3, 0.4) is 0 Å². The standard InChI is InChI=1S/C12H19N3O2/c1-12(2,3)17-11(16)10-7-9-8-13-5-4-6-15(9)14-10/h7,13H,4-6,8H2,1-3H3. The van der Waals surface area contributed by atoms with Crippen LogP contribution >= 0.6 is 0 Å². The molecule has 1 aliphatic heterocycles. The summed E-state index contributed by atoms with van der Waals surface area (Å²) in [6, 6.07) is 1.81. The van der Waals surface area contributed by atoms with Gasteiger partial charge in [-0.15, -0.1) is 0 Å². The van der Waals surface area contributed by atoms with Crippen LogP contribution in [0.1, 0.15) is 43.4 Å². The highest BCUT2D eigenvalue weighted by atomic mass is 16.6. The zero-order valence-electron chi connectivity index (χ0n) is 10.6. The summed E-state index contributed by atoms with van der Waals surface area (Å²) in [5.74, 6) is -0.349. The Morgan fingerprint density at radius 3 is 3.00 bits per heavy atom. The van der Waals surface area contributed by atoms with Crippen LogP contribution in [0.4, 0.5) is 0 Å². The number of fused-ring (bicyclic) bond motifs is 1. The summed E-state index contributed by atoms with van der Waals surface area (Å²) in [7, 11) is 0. The molecular weight excluding hydrogens is 218 g/mol. The monoisotopic (exact) mass is 237 g/mol. The molecule has 0 fully saturated rings. The van der Waals surface area contributed by atoms with Crippen LogP contribution in [0, 0.1) is 0 Å². The molecule has 94 valence electrons. The molecule has 0 spiro atoms. The predicted molar refractivity (Wildman–Crippen MR) is 63.7 cm³/mol. The summed E-state index contributed by atoms with van der Waals surface area (Å²) in [4.78, 5) is 11.8. The molecule has 0 aromatic carbocycles. The zero-order valence-corrected chi connectivity index (χ0v) is 10.6. The second-order valence-electron chi connectivity index (χ2n) is 5.28. The summed E-state index contributed by atoms with van der Waals surface area (Å²) < 4.78 is 7.19. The largest absolute Gasteiger partial charge is 0.455 e. The Hall–Kier alpha value is -1.36. The first kappa shape index (κ1) is 12.1. The third-order valence-electron chi connectivity index (χ3n) is 2.50. The molecule has 5 heteroatoms. The van der Waals surface area contributed by atoms with Crippen LogP contribution in [-0.4, -0.2) is 27.9 Å². The fourth-order valence-corrected chi connectivity index (χ4v) is 1.79. The number of rotatable bonds is 1. The molecule has 1 N–H and O–H groups in total. The molecule has 0 saturated carbocycles. The fourth-order valence-electron chi connectivity index (χ4n) is 1.79. The Kier molecular flexibility index (Phi) is 3.19. The van der Waals surface area contributed by atoms with Gasteiger partial charge in [-0.25, -0.2) is 4.79 Å². The number of ether oxygens (including phenoxy) is 1. The van der Waals surface area contributed by atoms with Crippen molar-refractivity contribution in [2.75, 3.05) is 6.54 Å². The van der Waals surface area contributed by atoms with E-state index in [-0.39, 0.29) is 5.97 Å². The smallest absolute Gasteiger partial charge is 0.359 e. The van der Waals surface area contributed by atoms with Gasteiger partial charge in [0.2, 0.25) is 0 Å². The molecule has 5 nitrogen and oxygen atoms in total. The lowest BCUT2D eigenvalue weighted by atomic mass is 10.2. The highest BCUT2D eigenvalue weighted by molar-refractivity contribution is 5.87. The van der Waals surface area contributed by atoms with Gasteiger partial charge in [-0.05, 0) is 39.8 Å². The summed E-state index contributed by atoms with van der Waals surface area (Å²) >= 11 is 0. The first-order valence-electron chi connectivity index (χ1n) is 5.96. The molecule has 0 atom stereocenters. The van der Waals surface area contributed by atoms with Crippen molar-refractivity contribution in [2.24, 2.45) is 0 Å². The maximum Gasteiger partial charge on any atom is 0.359 e. The molecule has 17 heavy (non-hydrogen) atoms. The molecule has 0 saturated heterocycles. The average molecular weight is 237 g/mol. The molecule has 0 bridgehead atoms. The Labute approximate surface area is 101 Å². The minimum Gasteiger partial charge on any atom is -0.455 e. The van der Waals surface area contributed by atoms with E-state index in [4.69, 9.17) is 4.74 Å². The van der Waals surface area contributed by atoms with Crippen molar-refractivity contribution in [3.05, 3.63) is 17.5 Å². The fraction of sp³-hybridized carbons (Fsp3) is 0.667. The number of hydrogen-bond acceptors (Lipinski definition) is 4. The van der Waals surface area contributed by atoms with Gasteiger partial charge in [0.15, 0.2) is 5.69 Å². The van der Waals surface area contributed by atoms with Crippen LogP contribution < -0.4 is 5.32 Å². The molecule has 0 aliphatic carbocycles. The van der Waals surface area contributed by atoms with Gasteiger partial charge >= 0.3 is 5.97 Å². The molecule has 1 aromatic rings. The van der Waals surface area contributed by atoms with Crippen LogP contribution in [0.25, 0.3) is 0 Å². The maximum atomic E-state index is 11.8. The third kappa shape index (κ3) is 3.06. The Morgan fingerprint density at radius 1 is 1.53 bits per heavy atom. The molecule has 0 amide bonds. The van der Waals surface area contributed by atoms with E-state index in [1.165, 1.54) is 0 Å². The molecule has 2 heterocycles. The normalized spacial score (nSPS) is 16.2. The molecule has 0 radical (unpaired) electrons. The first-order chi connectivity index (χ1) is 7.96. The van der Waals surface area contributed by atoms with Crippen LogP contribution in [0.5, 0.6) is 0 Å². The van der Waals surface area contributed by atoms with E-state index >= 15 is 0 Å². The van der Waals surface area contributed by atoms with Gasteiger partial charge in [-0.2, -0.15) is 5.10 Å². The molecule has 0 unspecified atom stereocenters.